The van der Waals surface area contributed by atoms with Crippen LogP contribution >= 0.6 is 0 Å². The van der Waals surface area contributed by atoms with Gasteiger partial charge < -0.3 is 29.4 Å². The molecule has 0 radical (unpaired) electrons. The third kappa shape index (κ3) is 2.55. The number of aliphatic carboxylic acids is 1. The minimum absolute atomic E-state index is 0.0669. The van der Waals surface area contributed by atoms with Crippen molar-refractivity contribution in [2.45, 2.75) is 19.4 Å². The Morgan fingerprint density at radius 3 is 2.71 bits per heavy atom. The predicted octanol–water partition coefficient (Wildman–Crippen LogP) is -0.160. The number of aliphatic hydroxyl groups is 1. The van der Waals surface area contributed by atoms with Gasteiger partial charge in [-0.1, -0.05) is 6.07 Å². The highest BCUT2D eigenvalue weighted by molar-refractivity contribution is 6.08. The molecule has 1 aromatic rings. The molecule has 3 rings (SSSR count). The largest absolute Gasteiger partial charge is 0.550 e. The number of hydrogen-bond acceptors (Lipinski definition) is 7. The van der Waals surface area contributed by atoms with Crippen molar-refractivity contribution >= 4 is 17.7 Å². The Morgan fingerprint density at radius 2 is 2.04 bits per heavy atom. The molecule has 2 heterocycles. The van der Waals surface area contributed by atoms with E-state index in [9.17, 15) is 24.6 Å². The van der Waals surface area contributed by atoms with Crippen LogP contribution in [0.3, 0.4) is 0 Å². The fourth-order valence-electron chi connectivity index (χ4n) is 2.89. The second kappa shape index (κ2) is 5.88. The Hall–Kier alpha value is -3.03. The molecule has 24 heavy (non-hydrogen) atoms. The average Bonchev–Trinajstić information content (AvgIpc) is 3.08. The Labute approximate surface area is 136 Å². The number of ether oxygens (including phenoxy) is 2. The van der Waals surface area contributed by atoms with Crippen LogP contribution in [0.1, 0.15) is 24.9 Å². The number of rotatable bonds is 5. The summed E-state index contributed by atoms with van der Waals surface area (Å²) in [5, 5.41) is 20.8. The van der Waals surface area contributed by atoms with E-state index in [-0.39, 0.29) is 18.9 Å². The fraction of sp³-hybridized carbons (Fsp3) is 0.312. The summed E-state index contributed by atoms with van der Waals surface area (Å²) in [7, 11) is 0. The van der Waals surface area contributed by atoms with Gasteiger partial charge in [-0.15, -0.1) is 0 Å². The lowest BCUT2D eigenvalue weighted by Crippen LogP contribution is -2.35. The number of ketones is 1. The van der Waals surface area contributed by atoms with Crippen molar-refractivity contribution in [2.75, 3.05) is 13.3 Å². The standard InChI is InChI=1S/C16H15NO7/c1-8(18)13-14(9-2-3-10-11(6-9)24-7-23-10)17(5-4-12(19)20)16(22)15(13)21/h2-3,6,14,21H,4-5,7H2,1H3,(H,19,20)/p-1/t14-/m0/s1. The molecule has 8 nitrogen and oxygen atoms in total. The van der Waals surface area contributed by atoms with Gasteiger partial charge in [-0.05, 0) is 24.6 Å². The zero-order valence-corrected chi connectivity index (χ0v) is 12.8. The summed E-state index contributed by atoms with van der Waals surface area (Å²) in [6, 6.07) is 3.99. The number of aliphatic hydroxyl groups excluding tert-OH is 1. The number of hydrogen-bond donors (Lipinski definition) is 1. The summed E-state index contributed by atoms with van der Waals surface area (Å²) in [5.74, 6) is -2.27. The van der Waals surface area contributed by atoms with E-state index in [1.54, 1.807) is 18.2 Å². The van der Waals surface area contributed by atoms with Crippen LogP contribution in [-0.4, -0.2) is 41.0 Å². The quantitative estimate of drug-likeness (QED) is 0.796. The maximum atomic E-state index is 12.2. The van der Waals surface area contributed by atoms with E-state index in [1.807, 2.05) is 0 Å². The normalized spacial score (nSPS) is 19.1. The van der Waals surface area contributed by atoms with E-state index in [0.29, 0.717) is 17.1 Å². The molecule has 126 valence electrons. The summed E-state index contributed by atoms with van der Waals surface area (Å²) in [5.41, 5.74) is 0.442. The molecule has 0 saturated heterocycles. The molecule has 0 fully saturated rings. The van der Waals surface area contributed by atoms with Gasteiger partial charge in [0.25, 0.3) is 5.91 Å². The van der Waals surface area contributed by atoms with Crippen LogP contribution in [0.5, 0.6) is 11.5 Å². The molecule has 0 aliphatic carbocycles. The van der Waals surface area contributed by atoms with Crippen molar-refractivity contribution in [2.24, 2.45) is 0 Å². The van der Waals surface area contributed by atoms with Gasteiger partial charge in [-0.3, -0.25) is 9.59 Å². The van der Waals surface area contributed by atoms with Gasteiger partial charge in [-0.25, -0.2) is 0 Å². The molecule has 0 spiro atoms. The lowest BCUT2D eigenvalue weighted by atomic mass is 9.96. The van der Waals surface area contributed by atoms with Crippen LogP contribution in [0.4, 0.5) is 0 Å². The molecular weight excluding hydrogens is 318 g/mol. The first-order valence-corrected chi connectivity index (χ1v) is 7.24. The van der Waals surface area contributed by atoms with E-state index in [2.05, 4.69) is 0 Å². The third-order valence-electron chi connectivity index (χ3n) is 3.95. The Morgan fingerprint density at radius 1 is 1.33 bits per heavy atom. The molecule has 1 atom stereocenters. The first kappa shape index (κ1) is 15.9. The molecule has 0 aromatic heterocycles. The van der Waals surface area contributed by atoms with Gasteiger partial charge in [0.15, 0.2) is 23.0 Å². The molecule has 1 amide bonds. The van der Waals surface area contributed by atoms with Gasteiger partial charge in [0.1, 0.15) is 0 Å². The van der Waals surface area contributed by atoms with E-state index in [0.717, 1.165) is 4.90 Å². The number of fused-ring (bicyclic) bond motifs is 1. The van der Waals surface area contributed by atoms with E-state index < -0.39 is 35.9 Å². The van der Waals surface area contributed by atoms with Gasteiger partial charge >= 0.3 is 0 Å². The minimum atomic E-state index is -1.33. The summed E-state index contributed by atoms with van der Waals surface area (Å²) in [4.78, 5) is 36.0. The zero-order chi connectivity index (χ0) is 17.4. The highest BCUT2D eigenvalue weighted by Gasteiger charge is 2.42. The van der Waals surface area contributed by atoms with Gasteiger partial charge in [0.05, 0.1) is 11.6 Å². The molecule has 0 unspecified atom stereocenters. The molecule has 8 heteroatoms. The SMILES string of the molecule is CC(=O)C1=C(O)C(=O)N(CCC(=O)[O-])[C@H]1c1ccc2c(c1)OCO2. The van der Waals surface area contributed by atoms with Crippen LogP contribution in [0.25, 0.3) is 0 Å². The number of carboxylic acid groups (broad SMARTS) is 1. The monoisotopic (exact) mass is 332 g/mol. The van der Waals surface area contributed by atoms with Gasteiger partial charge in [0.2, 0.25) is 6.79 Å². The zero-order valence-electron chi connectivity index (χ0n) is 12.8. The summed E-state index contributed by atoms with van der Waals surface area (Å²) in [6.07, 6.45) is -0.411. The predicted molar refractivity (Wildman–Crippen MR) is 77.0 cm³/mol. The molecule has 0 bridgehead atoms. The molecule has 2 aliphatic heterocycles. The van der Waals surface area contributed by atoms with Crippen molar-refractivity contribution in [3.05, 3.63) is 35.1 Å². The maximum Gasteiger partial charge on any atom is 0.290 e. The number of nitrogens with zero attached hydrogens (tertiary/aromatic N) is 1. The molecule has 0 saturated carbocycles. The number of amides is 1. The molecule has 1 N–H and O–H groups in total. The number of carboxylic acids is 1. The van der Waals surface area contributed by atoms with Crippen LogP contribution in [0.2, 0.25) is 0 Å². The number of carbonyl (C=O) groups excluding carboxylic acids is 3. The summed E-state index contributed by atoms with van der Waals surface area (Å²) >= 11 is 0. The Kier molecular flexibility index (Phi) is 3.88. The fourth-order valence-corrected chi connectivity index (χ4v) is 2.89. The first-order valence-electron chi connectivity index (χ1n) is 7.24. The van der Waals surface area contributed by atoms with Crippen LogP contribution in [0, 0.1) is 0 Å². The highest BCUT2D eigenvalue weighted by atomic mass is 16.7. The lowest BCUT2D eigenvalue weighted by molar-refractivity contribution is -0.305. The second-order valence-corrected chi connectivity index (χ2v) is 5.45. The Balaban J connectivity index is 2.03. The van der Waals surface area contributed by atoms with Gasteiger partial charge in [0, 0.05) is 18.9 Å². The van der Waals surface area contributed by atoms with Gasteiger partial charge in [-0.2, -0.15) is 0 Å². The van der Waals surface area contributed by atoms with Crippen molar-refractivity contribution < 1.29 is 34.1 Å². The lowest BCUT2D eigenvalue weighted by Gasteiger charge is -2.26. The topological polar surface area (TPSA) is 116 Å². The minimum Gasteiger partial charge on any atom is -0.550 e. The van der Waals surface area contributed by atoms with Crippen molar-refractivity contribution in [1.29, 1.82) is 0 Å². The third-order valence-corrected chi connectivity index (χ3v) is 3.95. The molecule has 1 aromatic carbocycles. The summed E-state index contributed by atoms with van der Waals surface area (Å²) < 4.78 is 10.5. The van der Waals surface area contributed by atoms with E-state index in [4.69, 9.17) is 9.47 Å². The van der Waals surface area contributed by atoms with Crippen molar-refractivity contribution in [3.8, 4) is 11.5 Å². The Bertz CT molecular complexity index is 768. The first-order chi connectivity index (χ1) is 11.4. The number of benzene rings is 1. The van der Waals surface area contributed by atoms with Crippen LogP contribution in [-0.2, 0) is 14.4 Å². The highest BCUT2D eigenvalue weighted by Crippen LogP contribution is 2.41. The average molecular weight is 332 g/mol. The molecular formula is C16H14NO7-. The molecule has 2 aliphatic rings. The van der Waals surface area contributed by atoms with E-state index in [1.165, 1.54) is 6.92 Å². The van der Waals surface area contributed by atoms with E-state index >= 15 is 0 Å². The van der Waals surface area contributed by atoms with Crippen molar-refractivity contribution in [3.63, 3.8) is 0 Å². The van der Waals surface area contributed by atoms with Crippen LogP contribution < -0.4 is 14.6 Å². The summed E-state index contributed by atoms with van der Waals surface area (Å²) in [6.45, 7) is 1.11. The maximum absolute atomic E-state index is 12.2. The number of Topliss-reactive ketones (excluding diaryl/α,β-unsaturated/α-hetero) is 1. The second-order valence-electron chi connectivity index (χ2n) is 5.45. The van der Waals surface area contributed by atoms with Crippen LogP contribution in [0.15, 0.2) is 29.5 Å². The number of carbonyl (C=O) groups is 3. The smallest absolute Gasteiger partial charge is 0.290 e. The van der Waals surface area contributed by atoms with Crippen molar-refractivity contribution in [1.82, 2.24) is 4.90 Å².